The van der Waals surface area contributed by atoms with Crippen LogP contribution in [0.5, 0.6) is 0 Å². The quantitative estimate of drug-likeness (QED) is 0.394. The Morgan fingerprint density at radius 3 is 2.53 bits per heavy atom. The molecule has 160 valence electrons. The Morgan fingerprint density at radius 2 is 1.78 bits per heavy atom. The van der Waals surface area contributed by atoms with Gasteiger partial charge in [0, 0.05) is 43.4 Å². The molecule has 2 aromatic heterocycles. The first-order valence-corrected chi connectivity index (χ1v) is 10.3. The van der Waals surface area contributed by atoms with Crippen molar-refractivity contribution in [1.82, 2.24) is 19.9 Å². The third-order valence-electron chi connectivity index (χ3n) is 5.66. The Labute approximate surface area is 183 Å². The van der Waals surface area contributed by atoms with Crippen molar-refractivity contribution in [3.05, 3.63) is 82.7 Å². The molecule has 0 aliphatic carbocycles. The number of hydrogen-bond donors (Lipinski definition) is 1. The highest BCUT2D eigenvalue weighted by Crippen LogP contribution is 2.30. The average Bonchev–Trinajstić information content (AvgIpc) is 3.32. The van der Waals surface area contributed by atoms with Gasteiger partial charge in [-0.3, -0.25) is 14.9 Å². The van der Waals surface area contributed by atoms with E-state index in [2.05, 4.69) is 19.9 Å². The van der Waals surface area contributed by atoms with Gasteiger partial charge in [-0.25, -0.2) is 9.97 Å². The van der Waals surface area contributed by atoms with E-state index in [0.29, 0.717) is 48.8 Å². The second-order valence-corrected chi connectivity index (χ2v) is 7.57. The van der Waals surface area contributed by atoms with E-state index in [9.17, 15) is 14.9 Å². The number of hydrogen-bond acceptors (Lipinski definition) is 6. The molecule has 32 heavy (non-hydrogen) atoms. The molecule has 9 heteroatoms. The second-order valence-electron chi connectivity index (χ2n) is 7.57. The maximum atomic E-state index is 12.9. The lowest BCUT2D eigenvalue weighted by molar-refractivity contribution is -0.384. The van der Waals surface area contributed by atoms with E-state index in [4.69, 9.17) is 0 Å². The van der Waals surface area contributed by atoms with E-state index in [1.54, 1.807) is 18.5 Å². The van der Waals surface area contributed by atoms with Gasteiger partial charge in [-0.2, -0.15) is 0 Å². The summed E-state index contributed by atoms with van der Waals surface area (Å²) in [5.74, 6) is 0.642. The van der Waals surface area contributed by atoms with Crippen molar-refractivity contribution in [3.63, 3.8) is 0 Å². The Bertz CT molecular complexity index is 1300. The van der Waals surface area contributed by atoms with Crippen LogP contribution in [0.2, 0.25) is 0 Å². The number of H-pyrrole nitrogens is 1. The summed E-state index contributed by atoms with van der Waals surface area (Å²) in [6, 6.07) is 17.8. The number of nitro groups is 1. The van der Waals surface area contributed by atoms with Crippen LogP contribution in [-0.4, -0.2) is 56.9 Å². The highest BCUT2D eigenvalue weighted by atomic mass is 16.6. The van der Waals surface area contributed by atoms with Crippen LogP contribution in [0.25, 0.3) is 22.3 Å². The molecule has 5 rings (SSSR count). The molecule has 0 atom stereocenters. The number of imidazole rings is 1. The fourth-order valence-electron chi connectivity index (χ4n) is 3.96. The second kappa shape index (κ2) is 8.10. The molecule has 0 unspecified atom stereocenters. The van der Waals surface area contributed by atoms with Crippen molar-refractivity contribution in [2.45, 2.75) is 0 Å². The van der Waals surface area contributed by atoms with Gasteiger partial charge in [0.1, 0.15) is 5.82 Å². The van der Waals surface area contributed by atoms with Gasteiger partial charge in [0.15, 0.2) is 5.69 Å². The van der Waals surface area contributed by atoms with Crippen molar-refractivity contribution in [2.24, 2.45) is 0 Å². The summed E-state index contributed by atoms with van der Waals surface area (Å²) in [6.45, 7) is 2.27. The number of carbonyl (C=O) groups is 1. The SMILES string of the molecule is O=C(c1ccc2nc[nH]c2c1)N1CCN(c2ccc([N+](=O)[O-])c(-c3ccccc3)n2)CC1. The molecular weight excluding hydrogens is 408 g/mol. The summed E-state index contributed by atoms with van der Waals surface area (Å²) in [7, 11) is 0. The lowest BCUT2D eigenvalue weighted by Gasteiger charge is -2.35. The third-order valence-corrected chi connectivity index (χ3v) is 5.66. The number of piperazine rings is 1. The van der Waals surface area contributed by atoms with Crippen molar-refractivity contribution >= 4 is 28.4 Å². The van der Waals surface area contributed by atoms with Crippen LogP contribution in [0, 0.1) is 10.1 Å². The number of anilines is 1. The molecule has 1 fully saturated rings. The lowest BCUT2D eigenvalue weighted by atomic mass is 10.1. The zero-order valence-electron chi connectivity index (χ0n) is 17.1. The van der Waals surface area contributed by atoms with E-state index >= 15 is 0 Å². The topological polar surface area (TPSA) is 108 Å². The van der Waals surface area contributed by atoms with Gasteiger partial charge in [-0.15, -0.1) is 0 Å². The van der Waals surface area contributed by atoms with Crippen molar-refractivity contribution in [1.29, 1.82) is 0 Å². The number of rotatable bonds is 4. The number of amides is 1. The zero-order chi connectivity index (χ0) is 22.1. The zero-order valence-corrected chi connectivity index (χ0v) is 17.1. The molecule has 1 amide bonds. The summed E-state index contributed by atoms with van der Waals surface area (Å²) in [5.41, 5.74) is 3.30. The van der Waals surface area contributed by atoms with Crippen LogP contribution >= 0.6 is 0 Å². The van der Waals surface area contributed by atoms with E-state index in [-0.39, 0.29) is 11.6 Å². The number of nitrogens with zero attached hydrogens (tertiary/aromatic N) is 5. The van der Waals surface area contributed by atoms with Crippen LogP contribution in [0.1, 0.15) is 10.4 Å². The highest BCUT2D eigenvalue weighted by Gasteiger charge is 2.25. The number of aromatic amines is 1. The van der Waals surface area contributed by atoms with Crippen molar-refractivity contribution in [3.8, 4) is 11.3 Å². The van der Waals surface area contributed by atoms with Gasteiger partial charge < -0.3 is 14.8 Å². The first kappa shape index (κ1) is 19.7. The van der Waals surface area contributed by atoms with E-state index < -0.39 is 4.92 Å². The Kier molecular flexibility index (Phi) is 4.98. The van der Waals surface area contributed by atoms with Gasteiger partial charge in [-0.1, -0.05) is 30.3 Å². The van der Waals surface area contributed by atoms with E-state index in [0.717, 1.165) is 11.0 Å². The normalized spacial score (nSPS) is 14.0. The summed E-state index contributed by atoms with van der Waals surface area (Å²) in [4.78, 5) is 39.7. The molecule has 0 bridgehead atoms. The fraction of sp³-hybridized carbons (Fsp3) is 0.174. The summed E-state index contributed by atoms with van der Waals surface area (Å²) < 4.78 is 0. The molecule has 0 spiro atoms. The fourth-order valence-corrected chi connectivity index (χ4v) is 3.96. The first-order valence-electron chi connectivity index (χ1n) is 10.3. The highest BCUT2D eigenvalue weighted by molar-refractivity contribution is 5.97. The van der Waals surface area contributed by atoms with Crippen LogP contribution < -0.4 is 4.90 Å². The Balaban J connectivity index is 1.33. The maximum Gasteiger partial charge on any atom is 0.295 e. The van der Waals surface area contributed by atoms with Crippen LogP contribution in [0.4, 0.5) is 11.5 Å². The number of fused-ring (bicyclic) bond motifs is 1. The molecule has 1 aliphatic heterocycles. The van der Waals surface area contributed by atoms with Crippen LogP contribution in [0.15, 0.2) is 67.0 Å². The van der Waals surface area contributed by atoms with Gasteiger partial charge in [0.05, 0.1) is 22.3 Å². The molecule has 4 aromatic rings. The average molecular weight is 428 g/mol. The molecular formula is C23H20N6O3. The Morgan fingerprint density at radius 1 is 1.00 bits per heavy atom. The number of nitrogens with one attached hydrogen (secondary N) is 1. The molecule has 1 saturated heterocycles. The number of aromatic nitrogens is 3. The standard InChI is InChI=1S/C23H20N6O3/c30-23(17-6-7-18-19(14-17)25-15-24-18)28-12-10-27(11-13-28)21-9-8-20(29(31)32)22(26-21)16-4-2-1-3-5-16/h1-9,14-15H,10-13H2,(H,24,25). The summed E-state index contributed by atoms with van der Waals surface area (Å²) >= 11 is 0. The predicted octanol–water partition coefficient (Wildman–Crippen LogP) is 3.50. The maximum absolute atomic E-state index is 12.9. The molecule has 2 aromatic carbocycles. The lowest BCUT2D eigenvalue weighted by Crippen LogP contribution is -2.49. The van der Waals surface area contributed by atoms with E-state index in [1.165, 1.54) is 6.07 Å². The monoisotopic (exact) mass is 428 g/mol. The minimum atomic E-state index is -0.410. The number of carbonyl (C=O) groups excluding carboxylic acids is 1. The van der Waals surface area contributed by atoms with E-state index in [1.807, 2.05) is 47.4 Å². The van der Waals surface area contributed by atoms with Crippen LogP contribution in [0.3, 0.4) is 0 Å². The molecule has 9 nitrogen and oxygen atoms in total. The molecule has 0 saturated carbocycles. The molecule has 3 heterocycles. The predicted molar refractivity (Wildman–Crippen MR) is 121 cm³/mol. The van der Waals surface area contributed by atoms with Gasteiger partial charge in [-0.05, 0) is 24.3 Å². The van der Waals surface area contributed by atoms with Gasteiger partial charge in [0.2, 0.25) is 0 Å². The van der Waals surface area contributed by atoms with Gasteiger partial charge in [0.25, 0.3) is 11.6 Å². The Hall–Kier alpha value is -4.27. The smallest absolute Gasteiger partial charge is 0.295 e. The summed E-state index contributed by atoms with van der Waals surface area (Å²) in [6.07, 6.45) is 1.61. The molecule has 0 radical (unpaired) electrons. The van der Waals surface area contributed by atoms with Crippen molar-refractivity contribution < 1.29 is 9.72 Å². The van der Waals surface area contributed by atoms with Crippen molar-refractivity contribution in [2.75, 3.05) is 31.1 Å². The van der Waals surface area contributed by atoms with Gasteiger partial charge >= 0.3 is 0 Å². The molecule has 1 aliphatic rings. The molecule has 1 N–H and O–H groups in total. The minimum absolute atomic E-state index is 0.0250. The first-order chi connectivity index (χ1) is 15.6. The third kappa shape index (κ3) is 3.64. The number of benzene rings is 2. The minimum Gasteiger partial charge on any atom is -0.353 e. The number of pyridine rings is 1. The van der Waals surface area contributed by atoms with Crippen LogP contribution in [-0.2, 0) is 0 Å². The largest absolute Gasteiger partial charge is 0.353 e. The summed E-state index contributed by atoms with van der Waals surface area (Å²) in [5, 5.41) is 11.5.